The molecular weight excluding hydrogens is 264 g/mol. The Labute approximate surface area is 117 Å². The van der Waals surface area contributed by atoms with E-state index in [4.69, 9.17) is 0 Å². The van der Waals surface area contributed by atoms with Crippen molar-refractivity contribution < 1.29 is 15.1 Å². The van der Waals surface area contributed by atoms with Crippen LogP contribution in [0, 0.1) is 10.1 Å². The predicted molar refractivity (Wildman–Crippen MR) is 75.9 cm³/mol. The smallest absolute Gasteiger partial charge is 0.276 e. The Balaban J connectivity index is 3.05. The third-order valence-corrected chi connectivity index (χ3v) is 2.70. The number of aliphatic hydroxyl groups is 2. The van der Waals surface area contributed by atoms with Gasteiger partial charge in [-0.3, -0.25) is 10.1 Å². The van der Waals surface area contributed by atoms with Gasteiger partial charge in [0.15, 0.2) is 0 Å². The molecule has 8 heteroatoms. The van der Waals surface area contributed by atoms with Crippen LogP contribution >= 0.6 is 0 Å². The third-order valence-electron chi connectivity index (χ3n) is 2.70. The fraction of sp³-hybridized carbons (Fsp3) is 0.583. The standard InChI is InChI=1S/C12H20N4O4/c1-3-4-13-10-5-9(16(19)20)6-11(14-10)15-12(2,7-17)8-18/h5-6,17-18H,3-4,7-8H2,1-2H3,(H2,13,14,15). The van der Waals surface area contributed by atoms with Gasteiger partial charge in [0, 0.05) is 6.54 Å². The second-order valence-corrected chi connectivity index (χ2v) is 4.78. The minimum Gasteiger partial charge on any atom is -0.394 e. The first kappa shape index (κ1) is 16.1. The molecule has 0 bridgehead atoms. The van der Waals surface area contributed by atoms with Gasteiger partial charge in [-0.05, 0) is 13.3 Å². The van der Waals surface area contributed by atoms with Crippen LogP contribution in [0.5, 0.6) is 0 Å². The number of aromatic nitrogens is 1. The number of nitrogens with one attached hydrogen (secondary N) is 2. The van der Waals surface area contributed by atoms with E-state index in [2.05, 4.69) is 15.6 Å². The van der Waals surface area contributed by atoms with E-state index in [9.17, 15) is 20.3 Å². The van der Waals surface area contributed by atoms with Crippen LogP contribution < -0.4 is 10.6 Å². The van der Waals surface area contributed by atoms with E-state index in [1.54, 1.807) is 6.92 Å². The lowest BCUT2D eigenvalue weighted by molar-refractivity contribution is -0.384. The maximum atomic E-state index is 10.9. The molecule has 20 heavy (non-hydrogen) atoms. The maximum Gasteiger partial charge on any atom is 0.276 e. The van der Waals surface area contributed by atoms with Crippen LogP contribution in [-0.2, 0) is 0 Å². The molecule has 0 atom stereocenters. The molecule has 0 radical (unpaired) electrons. The number of hydrogen-bond donors (Lipinski definition) is 4. The van der Waals surface area contributed by atoms with Gasteiger partial charge in [0.05, 0.1) is 35.8 Å². The molecule has 0 aliphatic heterocycles. The molecule has 0 saturated carbocycles. The topological polar surface area (TPSA) is 121 Å². The number of aliphatic hydroxyl groups excluding tert-OH is 2. The molecule has 1 rings (SSSR count). The third kappa shape index (κ3) is 4.32. The highest BCUT2D eigenvalue weighted by molar-refractivity contribution is 5.55. The first-order valence-corrected chi connectivity index (χ1v) is 6.34. The largest absolute Gasteiger partial charge is 0.394 e. The maximum absolute atomic E-state index is 10.9. The molecule has 0 spiro atoms. The molecule has 0 saturated heterocycles. The molecule has 4 N–H and O–H groups in total. The molecule has 0 aromatic carbocycles. The molecule has 0 unspecified atom stereocenters. The number of pyridine rings is 1. The van der Waals surface area contributed by atoms with Crippen molar-refractivity contribution in [1.29, 1.82) is 0 Å². The van der Waals surface area contributed by atoms with Gasteiger partial charge in [-0.1, -0.05) is 6.92 Å². The van der Waals surface area contributed by atoms with Crippen LogP contribution in [0.25, 0.3) is 0 Å². The minimum absolute atomic E-state index is 0.112. The summed E-state index contributed by atoms with van der Waals surface area (Å²) in [4.78, 5) is 14.6. The number of nitrogens with zero attached hydrogens (tertiary/aromatic N) is 2. The summed E-state index contributed by atoms with van der Waals surface area (Å²) in [5.41, 5.74) is -1.11. The van der Waals surface area contributed by atoms with Crippen LogP contribution in [-0.4, -0.2) is 45.4 Å². The number of rotatable bonds is 8. The normalized spacial score (nSPS) is 11.2. The number of nitro groups is 1. The zero-order chi connectivity index (χ0) is 15.2. The quantitative estimate of drug-likeness (QED) is 0.414. The Morgan fingerprint density at radius 1 is 1.35 bits per heavy atom. The monoisotopic (exact) mass is 284 g/mol. The summed E-state index contributed by atoms with van der Waals surface area (Å²) in [6, 6.07) is 2.61. The first-order chi connectivity index (χ1) is 9.44. The van der Waals surface area contributed by atoms with Gasteiger partial charge in [-0.25, -0.2) is 4.98 Å². The highest BCUT2D eigenvalue weighted by Gasteiger charge is 2.23. The molecule has 0 fully saturated rings. The van der Waals surface area contributed by atoms with Crippen molar-refractivity contribution in [3.05, 3.63) is 22.2 Å². The van der Waals surface area contributed by atoms with Crippen molar-refractivity contribution in [2.45, 2.75) is 25.8 Å². The van der Waals surface area contributed by atoms with Gasteiger partial charge < -0.3 is 20.8 Å². The average Bonchev–Trinajstić information content (AvgIpc) is 2.44. The van der Waals surface area contributed by atoms with E-state index in [-0.39, 0.29) is 24.7 Å². The second kappa shape index (κ2) is 7.01. The van der Waals surface area contributed by atoms with Crippen molar-refractivity contribution in [2.75, 3.05) is 30.4 Å². The SMILES string of the molecule is CCCNc1cc([N+](=O)[O-])cc(NC(C)(CO)CO)n1. The predicted octanol–water partition coefficient (Wildman–Crippen LogP) is 0.967. The minimum atomic E-state index is -0.996. The lowest BCUT2D eigenvalue weighted by Crippen LogP contribution is -2.42. The summed E-state index contributed by atoms with van der Waals surface area (Å²) >= 11 is 0. The Hall–Kier alpha value is -1.93. The van der Waals surface area contributed by atoms with E-state index in [1.165, 1.54) is 12.1 Å². The zero-order valence-electron chi connectivity index (χ0n) is 11.6. The Morgan fingerprint density at radius 2 is 1.95 bits per heavy atom. The lowest BCUT2D eigenvalue weighted by atomic mass is 10.1. The summed E-state index contributed by atoms with van der Waals surface area (Å²) in [5.74, 6) is 0.602. The molecule has 0 aliphatic carbocycles. The molecule has 1 heterocycles. The first-order valence-electron chi connectivity index (χ1n) is 6.34. The Kier molecular flexibility index (Phi) is 5.66. The van der Waals surface area contributed by atoms with E-state index in [1.807, 2.05) is 6.92 Å². The summed E-state index contributed by atoms with van der Waals surface area (Å²) in [6.45, 7) is 3.55. The van der Waals surface area contributed by atoms with Gasteiger partial charge >= 0.3 is 0 Å². The van der Waals surface area contributed by atoms with Crippen molar-refractivity contribution in [3.63, 3.8) is 0 Å². The van der Waals surface area contributed by atoms with Gasteiger partial charge in [0.25, 0.3) is 5.69 Å². The van der Waals surface area contributed by atoms with Gasteiger partial charge in [-0.2, -0.15) is 0 Å². The molecular formula is C12H20N4O4. The van der Waals surface area contributed by atoms with Crippen LogP contribution in [0.3, 0.4) is 0 Å². The Morgan fingerprint density at radius 3 is 2.45 bits per heavy atom. The van der Waals surface area contributed by atoms with Crippen molar-refractivity contribution in [2.24, 2.45) is 0 Å². The molecule has 8 nitrogen and oxygen atoms in total. The summed E-state index contributed by atoms with van der Waals surface area (Å²) in [6.07, 6.45) is 0.859. The van der Waals surface area contributed by atoms with Gasteiger partial charge in [-0.15, -0.1) is 0 Å². The summed E-state index contributed by atoms with van der Waals surface area (Å²) < 4.78 is 0. The van der Waals surface area contributed by atoms with Gasteiger partial charge in [0.2, 0.25) is 0 Å². The van der Waals surface area contributed by atoms with E-state index < -0.39 is 10.5 Å². The molecule has 112 valence electrons. The highest BCUT2D eigenvalue weighted by atomic mass is 16.6. The number of hydrogen-bond acceptors (Lipinski definition) is 7. The van der Waals surface area contributed by atoms with Crippen molar-refractivity contribution in [3.8, 4) is 0 Å². The number of anilines is 2. The highest BCUT2D eigenvalue weighted by Crippen LogP contribution is 2.23. The second-order valence-electron chi connectivity index (χ2n) is 4.78. The summed E-state index contributed by atoms with van der Waals surface area (Å²) in [5, 5.41) is 35.2. The molecule has 0 amide bonds. The Bertz CT molecular complexity index is 463. The van der Waals surface area contributed by atoms with E-state index >= 15 is 0 Å². The fourth-order valence-corrected chi connectivity index (χ4v) is 1.47. The van der Waals surface area contributed by atoms with Crippen LogP contribution in [0.15, 0.2) is 12.1 Å². The lowest BCUT2D eigenvalue weighted by Gasteiger charge is -2.26. The fourth-order valence-electron chi connectivity index (χ4n) is 1.47. The molecule has 1 aromatic rings. The molecule has 0 aliphatic rings. The van der Waals surface area contributed by atoms with Gasteiger partial charge in [0.1, 0.15) is 11.6 Å². The molecule has 1 aromatic heterocycles. The van der Waals surface area contributed by atoms with E-state index in [0.717, 1.165) is 6.42 Å². The van der Waals surface area contributed by atoms with Crippen LogP contribution in [0.4, 0.5) is 17.3 Å². The average molecular weight is 284 g/mol. The van der Waals surface area contributed by atoms with Crippen LogP contribution in [0.1, 0.15) is 20.3 Å². The summed E-state index contributed by atoms with van der Waals surface area (Å²) in [7, 11) is 0. The van der Waals surface area contributed by atoms with Crippen molar-refractivity contribution in [1.82, 2.24) is 4.98 Å². The van der Waals surface area contributed by atoms with E-state index in [0.29, 0.717) is 12.4 Å². The van der Waals surface area contributed by atoms with Crippen molar-refractivity contribution >= 4 is 17.3 Å². The van der Waals surface area contributed by atoms with Crippen LogP contribution in [0.2, 0.25) is 0 Å². The zero-order valence-corrected chi connectivity index (χ0v) is 11.6.